The summed E-state index contributed by atoms with van der Waals surface area (Å²) in [5.74, 6) is 4.72. The molecule has 7 heteroatoms. The van der Waals surface area contributed by atoms with Crippen LogP contribution in [0.3, 0.4) is 0 Å². The van der Waals surface area contributed by atoms with Crippen molar-refractivity contribution < 1.29 is 9.59 Å². The molecule has 1 unspecified atom stereocenters. The molecule has 2 aromatic rings. The van der Waals surface area contributed by atoms with Gasteiger partial charge in [-0.05, 0) is 25.5 Å². The van der Waals surface area contributed by atoms with Crippen molar-refractivity contribution in [2.75, 3.05) is 0 Å². The third-order valence-electron chi connectivity index (χ3n) is 3.48. The highest BCUT2D eigenvalue weighted by Gasteiger charge is 2.30. The molecule has 0 spiro atoms. The van der Waals surface area contributed by atoms with Crippen LogP contribution in [0.4, 0.5) is 0 Å². The number of hydrogen-bond acceptors (Lipinski definition) is 5. The van der Waals surface area contributed by atoms with Crippen LogP contribution in [0.2, 0.25) is 0 Å². The number of benzene rings is 1. The largest absolute Gasteiger partial charge is 0.295 e. The molecule has 110 valence electrons. The molecule has 22 heavy (non-hydrogen) atoms. The Morgan fingerprint density at radius 2 is 2.14 bits per heavy atom. The number of piperidine rings is 1. The zero-order chi connectivity index (χ0) is 15.7. The first-order valence-electron chi connectivity index (χ1n) is 6.76. The van der Waals surface area contributed by atoms with E-state index in [9.17, 15) is 14.4 Å². The van der Waals surface area contributed by atoms with Gasteiger partial charge in [-0.15, -0.1) is 11.0 Å². The second-order valence-corrected chi connectivity index (χ2v) is 4.88. The van der Waals surface area contributed by atoms with Crippen LogP contribution in [-0.4, -0.2) is 26.8 Å². The van der Waals surface area contributed by atoms with Gasteiger partial charge < -0.3 is 0 Å². The molecule has 0 bridgehead atoms. The molecule has 2 heterocycles. The van der Waals surface area contributed by atoms with E-state index >= 15 is 0 Å². The number of amides is 2. The quantitative estimate of drug-likeness (QED) is 0.597. The molecular weight excluding hydrogens is 284 g/mol. The summed E-state index contributed by atoms with van der Waals surface area (Å²) in [6.45, 7) is 1.67. The number of aromatic nitrogens is 3. The smallest absolute Gasteiger partial charge is 0.279 e. The number of nitrogens with zero attached hydrogens (tertiary/aromatic N) is 3. The van der Waals surface area contributed by atoms with E-state index in [4.69, 9.17) is 0 Å². The summed E-state index contributed by atoms with van der Waals surface area (Å²) in [7, 11) is 0. The van der Waals surface area contributed by atoms with E-state index in [0.29, 0.717) is 16.5 Å². The van der Waals surface area contributed by atoms with Crippen LogP contribution in [0.15, 0.2) is 23.0 Å². The van der Waals surface area contributed by atoms with Crippen LogP contribution in [0.25, 0.3) is 10.9 Å². The molecule has 1 atom stereocenters. The van der Waals surface area contributed by atoms with Gasteiger partial charge in [-0.1, -0.05) is 17.2 Å². The predicted octanol–water partition coefficient (Wildman–Crippen LogP) is 0.141. The zero-order valence-corrected chi connectivity index (χ0v) is 11.8. The maximum absolute atomic E-state index is 12.7. The van der Waals surface area contributed by atoms with E-state index in [1.54, 1.807) is 25.1 Å². The van der Waals surface area contributed by atoms with Crippen LogP contribution < -0.4 is 10.9 Å². The Balaban J connectivity index is 2.19. The van der Waals surface area contributed by atoms with Gasteiger partial charge in [-0.2, -0.15) is 4.68 Å². The van der Waals surface area contributed by atoms with E-state index in [1.165, 1.54) is 0 Å². The van der Waals surface area contributed by atoms with E-state index in [-0.39, 0.29) is 18.7 Å². The number of rotatable bonds is 1. The minimum absolute atomic E-state index is 0.166. The van der Waals surface area contributed by atoms with E-state index in [1.807, 2.05) is 0 Å². The lowest BCUT2D eigenvalue weighted by Gasteiger charge is -2.21. The second-order valence-electron chi connectivity index (χ2n) is 4.88. The average molecular weight is 296 g/mol. The summed E-state index contributed by atoms with van der Waals surface area (Å²) in [5, 5.41) is 10.4. The summed E-state index contributed by atoms with van der Waals surface area (Å²) in [6, 6.07) is 4.30. The van der Waals surface area contributed by atoms with E-state index in [0.717, 1.165) is 4.68 Å². The molecule has 1 fully saturated rings. The minimum Gasteiger partial charge on any atom is -0.295 e. The summed E-state index contributed by atoms with van der Waals surface area (Å²) in [5.41, 5.74) is 0.535. The predicted molar refractivity (Wildman–Crippen MR) is 77.8 cm³/mol. The molecular formula is C15H12N4O3. The molecule has 0 saturated carbocycles. The third-order valence-corrected chi connectivity index (χ3v) is 3.48. The number of carbonyl (C=O) groups is 2. The van der Waals surface area contributed by atoms with Crippen LogP contribution in [0, 0.1) is 11.8 Å². The fraction of sp³-hybridized carbons (Fsp3) is 0.267. The zero-order valence-electron chi connectivity index (χ0n) is 11.8. The summed E-state index contributed by atoms with van der Waals surface area (Å²) in [4.78, 5) is 35.8. The highest BCUT2D eigenvalue weighted by Crippen LogP contribution is 2.17. The van der Waals surface area contributed by atoms with Gasteiger partial charge in [0.25, 0.3) is 11.5 Å². The number of nitrogens with one attached hydrogen (secondary N) is 1. The van der Waals surface area contributed by atoms with E-state index < -0.39 is 17.5 Å². The standard InChI is InChI=1S/C15H12N4O3/c1-2-4-9-5-3-6-10-13(9)15(22)19(18-17-10)11-7-8-12(20)16-14(11)21/h3,5-6,11H,7-8H2,1H3,(H,16,20,21). The first kappa shape index (κ1) is 13.9. The molecule has 0 radical (unpaired) electrons. The van der Waals surface area contributed by atoms with Gasteiger partial charge in [-0.25, -0.2) is 0 Å². The number of hydrogen-bond donors (Lipinski definition) is 1. The molecule has 1 aliphatic rings. The van der Waals surface area contributed by atoms with Crippen molar-refractivity contribution in [2.45, 2.75) is 25.8 Å². The maximum Gasteiger partial charge on any atom is 0.279 e. The Labute approximate surface area is 125 Å². The van der Waals surface area contributed by atoms with Crippen molar-refractivity contribution in [1.82, 2.24) is 20.3 Å². The number of fused-ring (bicyclic) bond motifs is 1. The highest BCUT2D eigenvalue weighted by atomic mass is 16.2. The Bertz CT molecular complexity index is 904. The molecule has 1 aromatic heterocycles. The van der Waals surface area contributed by atoms with Gasteiger partial charge in [0.2, 0.25) is 5.91 Å². The molecule has 1 aromatic carbocycles. The number of carbonyl (C=O) groups excluding carboxylic acids is 2. The van der Waals surface area contributed by atoms with Crippen molar-refractivity contribution in [2.24, 2.45) is 0 Å². The molecule has 1 N–H and O–H groups in total. The fourth-order valence-corrected chi connectivity index (χ4v) is 2.46. The molecule has 3 rings (SSSR count). The van der Waals surface area contributed by atoms with Crippen LogP contribution in [0.1, 0.15) is 31.4 Å². The van der Waals surface area contributed by atoms with Gasteiger partial charge in [0, 0.05) is 12.0 Å². The molecule has 1 aliphatic heterocycles. The fourth-order valence-electron chi connectivity index (χ4n) is 2.46. The minimum atomic E-state index is -0.829. The summed E-state index contributed by atoms with van der Waals surface area (Å²) >= 11 is 0. The SMILES string of the molecule is CC#Cc1cccc2nnn(C3CCC(=O)NC3=O)c(=O)c12. The summed E-state index contributed by atoms with van der Waals surface area (Å²) < 4.78 is 1.03. The van der Waals surface area contributed by atoms with Crippen molar-refractivity contribution in [3.8, 4) is 11.8 Å². The first-order chi connectivity index (χ1) is 10.6. The Morgan fingerprint density at radius 1 is 1.32 bits per heavy atom. The van der Waals surface area contributed by atoms with Gasteiger partial charge in [-0.3, -0.25) is 19.7 Å². The Morgan fingerprint density at radius 3 is 2.86 bits per heavy atom. The molecule has 2 amide bonds. The van der Waals surface area contributed by atoms with Gasteiger partial charge in [0.1, 0.15) is 11.6 Å². The third kappa shape index (κ3) is 2.24. The molecule has 1 saturated heterocycles. The van der Waals surface area contributed by atoms with Gasteiger partial charge in [0.15, 0.2) is 0 Å². The van der Waals surface area contributed by atoms with Crippen LogP contribution >= 0.6 is 0 Å². The topological polar surface area (TPSA) is 93.9 Å². The van der Waals surface area contributed by atoms with Crippen molar-refractivity contribution in [3.05, 3.63) is 34.1 Å². The normalized spacial score (nSPS) is 17.8. The first-order valence-corrected chi connectivity index (χ1v) is 6.76. The van der Waals surface area contributed by atoms with Gasteiger partial charge in [0.05, 0.1) is 5.39 Å². The van der Waals surface area contributed by atoms with E-state index in [2.05, 4.69) is 27.5 Å². The van der Waals surface area contributed by atoms with Crippen molar-refractivity contribution in [1.29, 1.82) is 0 Å². The van der Waals surface area contributed by atoms with Crippen LogP contribution in [-0.2, 0) is 9.59 Å². The Hall–Kier alpha value is -3.01. The van der Waals surface area contributed by atoms with Crippen LogP contribution in [0.5, 0.6) is 0 Å². The molecule has 0 aliphatic carbocycles. The Kier molecular flexibility index (Phi) is 3.43. The van der Waals surface area contributed by atoms with Gasteiger partial charge >= 0.3 is 0 Å². The van der Waals surface area contributed by atoms with Crippen molar-refractivity contribution >= 4 is 22.7 Å². The summed E-state index contributed by atoms with van der Waals surface area (Å²) in [6.07, 6.45) is 0.394. The monoisotopic (exact) mass is 296 g/mol. The average Bonchev–Trinajstić information content (AvgIpc) is 2.49. The number of imide groups is 1. The second kappa shape index (κ2) is 5.41. The van der Waals surface area contributed by atoms with Crippen molar-refractivity contribution in [3.63, 3.8) is 0 Å². The lowest BCUT2D eigenvalue weighted by molar-refractivity contribution is -0.136. The maximum atomic E-state index is 12.7. The molecule has 7 nitrogen and oxygen atoms in total. The lowest BCUT2D eigenvalue weighted by atomic mass is 10.1. The lowest BCUT2D eigenvalue weighted by Crippen LogP contribution is -2.45. The highest BCUT2D eigenvalue weighted by molar-refractivity contribution is 5.99.